The molecule has 0 aromatic heterocycles. The summed E-state index contributed by atoms with van der Waals surface area (Å²) in [6.45, 7) is 0. The molecule has 112 valence electrons. The summed E-state index contributed by atoms with van der Waals surface area (Å²) in [7, 11) is 0. The van der Waals surface area contributed by atoms with Crippen LogP contribution in [-0.2, 0) is 9.59 Å². The second kappa shape index (κ2) is 5.81. The molecule has 5 heteroatoms. The lowest BCUT2D eigenvalue weighted by Gasteiger charge is -2.25. The van der Waals surface area contributed by atoms with Gasteiger partial charge in [0.05, 0.1) is 0 Å². The summed E-state index contributed by atoms with van der Waals surface area (Å²) in [4.78, 5) is 25.5. The van der Waals surface area contributed by atoms with Crippen molar-refractivity contribution in [2.45, 2.75) is 18.4 Å². The predicted molar refractivity (Wildman–Crippen MR) is 84.2 cm³/mol. The lowest BCUT2D eigenvalue weighted by molar-refractivity contribution is -0.139. The Labute approximate surface area is 132 Å². The molecule has 1 N–H and O–H groups in total. The van der Waals surface area contributed by atoms with Crippen molar-refractivity contribution in [1.82, 2.24) is 0 Å². The first kappa shape index (κ1) is 14.6. The average molecular weight is 316 g/mol. The highest BCUT2D eigenvalue weighted by atomic mass is 35.5. The quantitative estimate of drug-likeness (QED) is 0.945. The van der Waals surface area contributed by atoms with Crippen LogP contribution in [0.5, 0.6) is 0 Å². The zero-order chi connectivity index (χ0) is 15.7. The van der Waals surface area contributed by atoms with E-state index in [0.717, 1.165) is 5.56 Å². The number of nitrogens with zero attached hydrogens (tertiary/aromatic N) is 1. The van der Waals surface area contributed by atoms with Crippen LogP contribution in [0.2, 0.25) is 5.02 Å². The number of benzene rings is 2. The topological polar surface area (TPSA) is 57.6 Å². The van der Waals surface area contributed by atoms with E-state index < -0.39 is 12.0 Å². The van der Waals surface area contributed by atoms with Crippen LogP contribution in [0.25, 0.3) is 0 Å². The Balaban J connectivity index is 2.01. The highest BCUT2D eigenvalue weighted by Gasteiger charge is 2.45. The van der Waals surface area contributed by atoms with Crippen LogP contribution in [0.1, 0.15) is 17.9 Å². The third-order valence-electron chi connectivity index (χ3n) is 3.91. The smallest absolute Gasteiger partial charge is 0.327 e. The van der Waals surface area contributed by atoms with Crippen molar-refractivity contribution < 1.29 is 14.7 Å². The van der Waals surface area contributed by atoms with Crippen LogP contribution in [-0.4, -0.2) is 23.0 Å². The van der Waals surface area contributed by atoms with Gasteiger partial charge in [-0.3, -0.25) is 9.69 Å². The van der Waals surface area contributed by atoms with E-state index in [1.807, 2.05) is 30.3 Å². The fourth-order valence-electron chi connectivity index (χ4n) is 2.92. The van der Waals surface area contributed by atoms with Crippen molar-refractivity contribution >= 4 is 29.2 Å². The molecule has 1 saturated heterocycles. The number of carboxylic acid groups (broad SMARTS) is 1. The molecule has 0 unspecified atom stereocenters. The van der Waals surface area contributed by atoms with Crippen LogP contribution < -0.4 is 4.90 Å². The fraction of sp³-hybridized carbons (Fsp3) is 0.176. The van der Waals surface area contributed by atoms with E-state index in [1.165, 1.54) is 4.90 Å². The number of amides is 1. The molecule has 1 aliphatic rings. The second-order valence-electron chi connectivity index (χ2n) is 5.24. The second-order valence-corrected chi connectivity index (χ2v) is 5.68. The first-order valence-electron chi connectivity index (χ1n) is 6.93. The van der Waals surface area contributed by atoms with Crippen molar-refractivity contribution in [2.75, 3.05) is 4.90 Å². The molecular weight excluding hydrogens is 302 g/mol. The molecule has 1 amide bonds. The lowest BCUT2D eigenvalue weighted by atomic mass is 9.91. The number of hydrogen-bond acceptors (Lipinski definition) is 2. The van der Waals surface area contributed by atoms with Crippen LogP contribution >= 0.6 is 11.6 Å². The van der Waals surface area contributed by atoms with Crippen molar-refractivity contribution in [1.29, 1.82) is 0 Å². The fourth-order valence-corrected chi connectivity index (χ4v) is 3.05. The van der Waals surface area contributed by atoms with E-state index in [2.05, 4.69) is 0 Å². The molecule has 0 aliphatic carbocycles. The van der Waals surface area contributed by atoms with Crippen molar-refractivity contribution in [2.24, 2.45) is 0 Å². The minimum absolute atomic E-state index is 0.184. The summed E-state index contributed by atoms with van der Waals surface area (Å²) < 4.78 is 0. The van der Waals surface area contributed by atoms with Gasteiger partial charge in [-0.25, -0.2) is 4.79 Å². The maximum atomic E-state index is 12.4. The number of carbonyl (C=O) groups excluding carboxylic acids is 1. The summed E-state index contributed by atoms with van der Waals surface area (Å²) in [6, 6.07) is 15.0. The third-order valence-corrected chi connectivity index (χ3v) is 4.16. The SMILES string of the molecule is O=C(O)[C@H]1[C@@H](c2ccccc2)CC(=O)N1c1ccc(Cl)cc1. The van der Waals surface area contributed by atoms with Gasteiger partial charge < -0.3 is 5.11 Å². The molecule has 1 fully saturated rings. The highest BCUT2D eigenvalue weighted by molar-refractivity contribution is 6.30. The molecule has 0 radical (unpaired) electrons. The molecule has 0 spiro atoms. The summed E-state index contributed by atoms with van der Waals surface area (Å²) in [5.41, 5.74) is 1.42. The molecule has 1 aliphatic heterocycles. The van der Waals surface area contributed by atoms with Crippen molar-refractivity contribution in [3.8, 4) is 0 Å². The number of anilines is 1. The molecule has 22 heavy (non-hydrogen) atoms. The monoisotopic (exact) mass is 315 g/mol. The normalized spacial score (nSPS) is 21.1. The Morgan fingerprint density at radius 3 is 2.32 bits per heavy atom. The first-order chi connectivity index (χ1) is 10.6. The molecule has 2 aromatic carbocycles. The van der Waals surface area contributed by atoms with E-state index in [9.17, 15) is 14.7 Å². The molecule has 4 nitrogen and oxygen atoms in total. The summed E-state index contributed by atoms with van der Waals surface area (Å²) in [5, 5.41) is 10.2. The Morgan fingerprint density at radius 2 is 1.73 bits per heavy atom. The van der Waals surface area contributed by atoms with E-state index >= 15 is 0 Å². The highest BCUT2D eigenvalue weighted by Crippen LogP contribution is 2.37. The van der Waals surface area contributed by atoms with Gasteiger partial charge in [0, 0.05) is 23.0 Å². The van der Waals surface area contributed by atoms with Crippen molar-refractivity contribution in [3.63, 3.8) is 0 Å². The molecule has 0 saturated carbocycles. The Bertz CT molecular complexity index is 700. The number of aliphatic carboxylic acids is 1. The number of carboxylic acids is 1. The zero-order valence-electron chi connectivity index (χ0n) is 11.6. The van der Waals surface area contributed by atoms with Crippen LogP contribution in [0.15, 0.2) is 54.6 Å². The van der Waals surface area contributed by atoms with Gasteiger partial charge in [-0.1, -0.05) is 41.9 Å². The number of carbonyl (C=O) groups is 2. The summed E-state index contributed by atoms with van der Waals surface area (Å²) in [5.74, 6) is -1.56. The minimum Gasteiger partial charge on any atom is -0.480 e. The molecular formula is C17H14ClNO3. The van der Waals surface area contributed by atoms with Gasteiger partial charge in [-0.2, -0.15) is 0 Å². The zero-order valence-corrected chi connectivity index (χ0v) is 12.4. The van der Waals surface area contributed by atoms with Gasteiger partial charge in [0.1, 0.15) is 6.04 Å². The average Bonchev–Trinajstić information content (AvgIpc) is 2.87. The third kappa shape index (κ3) is 2.57. The van der Waals surface area contributed by atoms with Gasteiger partial charge in [0.25, 0.3) is 0 Å². The molecule has 2 atom stereocenters. The number of rotatable bonds is 3. The van der Waals surface area contributed by atoms with E-state index in [1.54, 1.807) is 24.3 Å². The van der Waals surface area contributed by atoms with Crippen molar-refractivity contribution in [3.05, 3.63) is 65.2 Å². The summed E-state index contributed by atoms with van der Waals surface area (Å²) in [6.07, 6.45) is 0.184. The van der Waals surface area contributed by atoms with Gasteiger partial charge in [-0.05, 0) is 29.8 Å². The van der Waals surface area contributed by atoms with Gasteiger partial charge in [-0.15, -0.1) is 0 Å². The standard InChI is InChI=1S/C17H14ClNO3/c18-12-6-8-13(9-7-12)19-15(20)10-14(16(19)17(21)22)11-4-2-1-3-5-11/h1-9,14,16H,10H2,(H,21,22)/t14-,16-/m1/s1. The van der Waals surface area contributed by atoms with Crippen LogP contribution in [0.4, 0.5) is 5.69 Å². The molecule has 0 bridgehead atoms. The van der Waals surface area contributed by atoms with Gasteiger partial charge in [0.15, 0.2) is 0 Å². The molecule has 2 aromatic rings. The lowest BCUT2D eigenvalue weighted by Crippen LogP contribution is -2.40. The maximum Gasteiger partial charge on any atom is 0.327 e. The Kier molecular flexibility index (Phi) is 3.86. The number of hydrogen-bond donors (Lipinski definition) is 1. The van der Waals surface area contributed by atoms with E-state index in [-0.39, 0.29) is 18.2 Å². The largest absolute Gasteiger partial charge is 0.480 e. The van der Waals surface area contributed by atoms with E-state index in [0.29, 0.717) is 10.7 Å². The van der Waals surface area contributed by atoms with Gasteiger partial charge >= 0.3 is 5.97 Å². The first-order valence-corrected chi connectivity index (χ1v) is 7.31. The molecule has 1 heterocycles. The Morgan fingerprint density at radius 1 is 1.09 bits per heavy atom. The summed E-state index contributed by atoms with van der Waals surface area (Å²) >= 11 is 5.86. The van der Waals surface area contributed by atoms with Gasteiger partial charge in [0.2, 0.25) is 5.91 Å². The van der Waals surface area contributed by atoms with Crippen LogP contribution in [0.3, 0.4) is 0 Å². The predicted octanol–water partition coefficient (Wildman–Crippen LogP) is 3.31. The minimum atomic E-state index is -1.00. The van der Waals surface area contributed by atoms with E-state index in [4.69, 9.17) is 11.6 Å². The Hall–Kier alpha value is -2.33. The van der Waals surface area contributed by atoms with Crippen LogP contribution in [0, 0.1) is 0 Å². The number of halogens is 1. The maximum absolute atomic E-state index is 12.4. The molecule has 3 rings (SSSR count).